The molecule has 0 saturated carbocycles. The third-order valence-electron chi connectivity index (χ3n) is 4.79. The molecule has 0 fully saturated rings. The van der Waals surface area contributed by atoms with Crippen molar-refractivity contribution in [3.8, 4) is 33.4 Å². The minimum Gasteiger partial charge on any atom is -0.398 e. The van der Waals surface area contributed by atoms with E-state index in [0.29, 0.717) is 0 Å². The summed E-state index contributed by atoms with van der Waals surface area (Å²) in [6, 6.07) is 29.9. The molecular weight excluding hydrogens is 330 g/mol. The summed E-state index contributed by atoms with van der Waals surface area (Å²) in [4.78, 5) is 0. The average molecular weight is 351 g/mol. The van der Waals surface area contributed by atoms with E-state index in [1.807, 2.05) is 72.8 Å². The number of hydrogen-bond donors (Lipinski definition) is 3. The van der Waals surface area contributed by atoms with Crippen molar-refractivity contribution in [2.75, 3.05) is 17.2 Å². The molecule has 132 valence electrons. The molecule has 4 aromatic rings. The second-order valence-corrected chi connectivity index (χ2v) is 6.52. The molecule has 4 aromatic carbocycles. The van der Waals surface area contributed by atoms with Gasteiger partial charge < -0.3 is 17.2 Å². The molecule has 0 radical (unpaired) electrons. The van der Waals surface area contributed by atoms with Crippen LogP contribution in [-0.2, 0) is 0 Å². The van der Waals surface area contributed by atoms with E-state index in [4.69, 9.17) is 17.2 Å². The Morgan fingerprint density at radius 3 is 1.33 bits per heavy atom. The van der Waals surface area contributed by atoms with Gasteiger partial charge in [0.1, 0.15) is 0 Å². The van der Waals surface area contributed by atoms with E-state index in [0.717, 1.165) is 50.4 Å². The highest BCUT2D eigenvalue weighted by atomic mass is 14.6. The van der Waals surface area contributed by atoms with Crippen LogP contribution in [0.2, 0.25) is 0 Å². The van der Waals surface area contributed by atoms with Crippen molar-refractivity contribution in [3.63, 3.8) is 0 Å². The van der Waals surface area contributed by atoms with Crippen LogP contribution in [0.5, 0.6) is 0 Å². The van der Waals surface area contributed by atoms with Crippen LogP contribution in [-0.4, -0.2) is 0 Å². The second-order valence-electron chi connectivity index (χ2n) is 6.52. The third kappa shape index (κ3) is 3.11. The Hall–Kier alpha value is -3.72. The van der Waals surface area contributed by atoms with Gasteiger partial charge in [-0.05, 0) is 41.0 Å². The van der Waals surface area contributed by atoms with Gasteiger partial charge >= 0.3 is 0 Å². The molecule has 0 aliphatic carbocycles. The van der Waals surface area contributed by atoms with Crippen molar-refractivity contribution < 1.29 is 0 Å². The van der Waals surface area contributed by atoms with E-state index in [9.17, 15) is 0 Å². The molecule has 0 saturated heterocycles. The Kier molecular flexibility index (Phi) is 4.27. The molecule has 0 aromatic heterocycles. The van der Waals surface area contributed by atoms with Gasteiger partial charge in [0.25, 0.3) is 0 Å². The van der Waals surface area contributed by atoms with Crippen molar-refractivity contribution in [1.82, 2.24) is 0 Å². The Labute approximate surface area is 159 Å². The van der Waals surface area contributed by atoms with Crippen molar-refractivity contribution in [3.05, 3.63) is 91.0 Å². The normalized spacial score (nSPS) is 10.7. The fraction of sp³-hybridized carbons (Fsp3) is 0. The van der Waals surface area contributed by atoms with Gasteiger partial charge in [-0.15, -0.1) is 0 Å². The molecule has 27 heavy (non-hydrogen) atoms. The minimum absolute atomic E-state index is 0.728. The Balaban J connectivity index is 2.00. The predicted molar refractivity (Wildman–Crippen MR) is 116 cm³/mol. The zero-order valence-corrected chi connectivity index (χ0v) is 14.9. The number of benzene rings is 4. The largest absolute Gasteiger partial charge is 0.398 e. The molecular formula is C24H21N3. The highest BCUT2D eigenvalue weighted by Crippen LogP contribution is 2.40. The van der Waals surface area contributed by atoms with Crippen LogP contribution in [0.3, 0.4) is 0 Å². The molecule has 0 atom stereocenters. The van der Waals surface area contributed by atoms with Crippen LogP contribution in [0, 0.1) is 0 Å². The lowest BCUT2D eigenvalue weighted by atomic mass is 9.89. The first-order valence-electron chi connectivity index (χ1n) is 8.84. The first-order valence-corrected chi connectivity index (χ1v) is 8.84. The first kappa shape index (κ1) is 16.7. The zero-order valence-electron chi connectivity index (χ0n) is 14.9. The van der Waals surface area contributed by atoms with Crippen LogP contribution in [0.15, 0.2) is 91.0 Å². The average Bonchev–Trinajstić information content (AvgIpc) is 2.69. The number of nitrogen functional groups attached to an aromatic ring is 3. The maximum absolute atomic E-state index is 6.30. The molecule has 0 unspecified atom stereocenters. The van der Waals surface area contributed by atoms with Gasteiger partial charge in [-0.2, -0.15) is 0 Å². The summed E-state index contributed by atoms with van der Waals surface area (Å²) in [5.41, 5.74) is 27.1. The maximum atomic E-state index is 6.30. The number of para-hydroxylation sites is 3. The molecule has 0 amide bonds. The van der Waals surface area contributed by atoms with E-state index in [1.54, 1.807) is 0 Å². The van der Waals surface area contributed by atoms with Crippen LogP contribution >= 0.6 is 0 Å². The second kappa shape index (κ2) is 6.89. The Bertz CT molecular complexity index is 1120. The van der Waals surface area contributed by atoms with E-state index >= 15 is 0 Å². The summed E-state index contributed by atoms with van der Waals surface area (Å²) < 4.78 is 0. The standard InChI is InChI=1S/C24H21N3/c25-22-10-4-1-7-17(22)16-13-14-18(19-8-2-5-11-23(19)26)21(15-16)20-9-3-6-12-24(20)27/h1-15H,25-27H2. The summed E-state index contributed by atoms with van der Waals surface area (Å²) >= 11 is 0. The minimum atomic E-state index is 0.728. The van der Waals surface area contributed by atoms with Crippen LogP contribution < -0.4 is 17.2 Å². The molecule has 0 spiro atoms. The summed E-state index contributed by atoms with van der Waals surface area (Å²) in [6.07, 6.45) is 0. The molecule has 0 aliphatic heterocycles. The van der Waals surface area contributed by atoms with Gasteiger partial charge in [-0.25, -0.2) is 0 Å². The predicted octanol–water partition coefficient (Wildman–Crippen LogP) is 5.43. The van der Waals surface area contributed by atoms with Crippen molar-refractivity contribution in [2.24, 2.45) is 0 Å². The van der Waals surface area contributed by atoms with Gasteiger partial charge in [0, 0.05) is 33.8 Å². The summed E-state index contributed by atoms with van der Waals surface area (Å²) in [5, 5.41) is 0. The molecule has 0 bridgehead atoms. The summed E-state index contributed by atoms with van der Waals surface area (Å²) in [5.74, 6) is 0. The zero-order chi connectivity index (χ0) is 18.8. The highest BCUT2D eigenvalue weighted by Gasteiger charge is 2.14. The summed E-state index contributed by atoms with van der Waals surface area (Å²) in [7, 11) is 0. The maximum Gasteiger partial charge on any atom is 0.0393 e. The highest BCUT2D eigenvalue weighted by molar-refractivity contribution is 5.94. The van der Waals surface area contributed by atoms with Crippen molar-refractivity contribution >= 4 is 17.1 Å². The van der Waals surface area contributed by atoms with E-state index in [1.165, 1.54) is 0 Å². The van der Waals surface area contributed by atoms with Gasteiger partial charge in [0.05, 0.1) is 0 Å². The Morgan fingerprint density at radius 2 is 0.815 bits per heavy atom. The van der Waals surface area contributed by atoms with Crippen LogP contribution in [0.1, 0.15) is 0 Å². The topological polar surface area (TPSA) is 78.1 Å². The monoisotopic (exact) mass is 351 g/mol. The molecule has 0 heterocycles. The Morgan fingerprint density at radius 1 is 0.370 bits per heavy atom. The summed E-state index contributed by atoms with van der Waals surface area (Å²) in [6.45, 7) is 0. The molecule has 4 rings (SSSR count). The van der Waals surface area contributed by atoms with E-state index < -0.39 is 0 Å². The van der Waals surface area contributed by atoms with E-state index in [2.05, 4.69) is 18.2 Å². The van der Waals surface area contributed by atoms with Crippen molar-refractivity contribution in [2.45, 2.75) is 0 Å². The van der Waals surface area contributed by atoms with Gasteiger partial charge in [0.15, 0.2) is 0 Å². The number of hydrogen-bond acceptors (Lipinski definition) is 3. The lowest BCUT2D eigenvalue weighted by Crippen LogP contribution is -1.96. The first-order chi connectivity index (χ1) is 13.1. The molecule has 6 N–H and O–H groups in total. The molecule has 0 aliphatic rings. The lowest BCUT2D eigenvalue weighted by Gasteiger charge is -2.16. The smallest absolute Gasteiger partial charge is 0.0393 e. The van der Waals surface area contributed by atoms with E-state index in [-0.39, 0.29) is 0 Å². The van der Waals surface area contributed by atoms with Gasteiger partial charge in [-0.1, -0.05) is 66.7 Å². The van der Waals surface area contributed by atoms with Crippen molar-refractivity contribution in [1.29, 1.82) is 0 Å². The fourth-order valence-electron chi connectivity index (χ4n) is 3.41. The van der Waals surface area contributed by atoms with Gasteiger partial charge in [0.2, 0.25) is 0 Å². The van der Waals surface area contributed by atoms with Crippen LogP contribution in [0.4, 0.5) is 17.1 Å². The number of rotatable bonds is 3. The third-order valence-corrected chi connectivity index (χ3v) is 4.79. The van der Waals surface area contributed by atoms with Crippen LogP contribution in [0.25, 0.3) is 33.4 Å². The molecule has 3 heteroatoms. The quantitative estimate of drug-likeness (QED) is 0.430. The molecule has 3 nitrogen and oxygen atoms in total. The number of anilines is 3. The SMILES string of the molecule is Nc1ccccc1-c1ccc(-c2ccccc2N)c(-c2ccccc2N)c1. The fourth-order valence-corrected chi connectivity index (χ4v) is 3.41. The number of nitrogens with two attached hydrogens (primary N) is 3. The van der Waals surface area contributed by atoms with Gasteiger partial charge in [-0.3, -0.25) is 0 Å². The lowest BCUT2D eigenvalue weighted by molar-refractivity contribution is 1.55.